The Balaban J connectivity index is 1.79. The zero-order valence-electron chi connectivity index (χ0n) is 29.8. The molecule has 8 nitrogen and oxygen atoms in total. The Bertz CT molecular complexity index is 1570. The van der Waals surface area contributed by atoms with Crippen LogP contribution in [-0.2, 0) is 19.9 Å². The Hall–Kier alpha value is -4.20. The molecule has 0 bridgehead atoms. The Morgan fingerprint density at radius 2 is 1.44 bits per heavy atom. The highest BCUT2D eigenvalue weighted by Gasteiger charge is 2.31. The lowest BCUT2D eigenvalue weighted by atomic mass is 9.88. The highest BCUT2D eigenvalue weighted by Crippen LogP contribution is 2.29. The molecule has 0 aliphatic heterocycles. The van der Waals surface area contributed by atoms with Crippen molar-refractivity contribution in [1.29, 1.82) is 0 Å². The summed E-state index contributed by atoms with van der Waals surface area (Å²) in [4.78, 5) is 33.7. The molecule has 0 fully saturated rings. The Kier molecular flexibility index (Phi) is 14.5. The normalized spacial score (nSPS) is 11.3. The zero-order chi connectivity index (χ0) is 34.3. The lowest BCUT2D eigenvalue weighted by Gasteiger charge is -2.31. The molecule has 2 heterocycles. The van der Waals surface area contributed by atoms with Crippen LogP contribution in [0.4, 0.5) is 0 Å². The second-order valence-electron chi connectivity index (χ2n) is 13.0. The Morgan fingerprint density at radius 1 is 0.792 bits per heavy atom. The van der Waals surface area contributed by atoms with Gasteiger partial charge in [-0.3, -0.25) is 4.79 Å². The van der Waals surface area contributed by atoms with Gasteiger partial charge < -0.3 is 4.74 Å². The van der Waals surface area contributed by atoms with E-state index in [1.54, 1.807) is 36.6 Å². The van der Waals surface area contributed by atoms with E-state index in [1.807, 2.05) is 55.1 Å². The zero-order valence-corrected chi connectivity index (χ0v) is 29.8. The molecule has 0 saturated heterocycles. The van der Waals surface area contributed by atoms with Crippen LogP contribution in [0.3, 0.4) is 0 Å². The summed E-state index contributed by atoms with van der Waals surface area (Å²) < 4.78 is 9.20. The van der Waals surface area contributed by atoms with Crippen molar-refractivity contribution in [2.75, 3.05) is 5.01 Å². The van der Waals surface area contributed by atoms with Crippen molar-refractivity contribution in [2.24, 2.45) is 7.05 Å². The Labute approximate surface area is 287 Å². The smallest absolute Gasteiger partial charge is 0.345 e. The van der Waals surface area contributed by atoms with E-state index < -0.39 is 5.97 Å². The quantitative estimate of drug-likeness (QED) is 0.0701. The molecule has 2 aromatic carbocycles. The number of aryl methyl sites for hydroxylation is 2. The van der Waals surface area contributed by atoms with E-state index >= 15 is 4.79 Å². The molecule has 0 N–H and O–H groups in total. The Morgan fingerprint density at radius 3 is 2.06 bits per heavy atom. The van der Waals surface area contributed by atoms with Crippen LogP contribution < -0.4 is 9.75 Å². The standard InChI is InChI=1S/C40H55N5O3/c1-6-8-10-12-14-17-21-32-25-26-35(40(47)48-36-27-28-42-43(36)5)37(34(32)24-20-15-13-11-9-7-2)39(46)45(31(3)4)44-30-29-41-38(44)33-22-18-16-19-23-33/h16,18-19,22-23,25-31H,6-15,17,20-21,24H2,1-5H3. The number of rotatable bonds is 20. The number of hydrogen-bond donors (Lipinski definition) is 0. The predicted molar refractivity (Wildman–Crippen MR) is 194 cm³/mol. The summed E-state index contributed by atoms with van der Waals surface area (Å²) in [7, 11) is 1.73. The number of imidazole rings is 1. The second kappa shape index (κ2) is 19.0. The predicted octanol–water partition coefficient (Wildman–Crippen LogP) is 9.50. The molecule has 2 aromatic heterocycles. The highest BCUT2D eigenvalue weighted by atomic mass is 16.5. The highest BCUT2D eigenvalue weighted by molar-refractivity contribution is 6.11. The fourth-order valence-electron chi connectivity index (χ4n) is 6.38. The van der Waals surface area contributed by atoms with Gasteiger partial charge in [0.05, 0.1) is 17.3 Å². The van der Waals surface area contributed by atoms with E-state index in [2.05, 4.69) is 30.0 Å². The van der Waals surface area contributed by atoms with Crippen molar-refractivity contribution in [3.05, 3.63) is 89.4 Å². The van der Waals surface area contributed by atoms with Gasteiger partial charge in [0.1, 0.15) is 0 Å². The minimum Gasteiger partial charge on any atom is -0.404 e. The summed E-state index contributed by atoms with van der Waals surface area (Å²) in [5, 5.41) is 5.89. The van der Waals surface area contributed by atoms with Crippen LogP contribution in [0.25, 0.3) is 11.4 Å². The maximum absolute atomic E-state index is 15.1. The topological polar surface area (TPSA) is 82.2 Å². The van der Waals surface area contributed by atoms with Crippen molar-refractivity contribution in [2.45, 2.75) is 124 Å². The largest absolute Gasteiger partial charge is 0.404 e. The van der Waals surface area contributed by atoms with Gasteiger partial charge in [0.2, 0.25) is 5.88 Å². The molecule has 8 heteroatoms. The average molecular weight is 654 g/mol. The van der Waals surface area contributed by atoms with Crippen molar-refractivity contribution < 1.29 is 14.3 Å². The number of benzene rings is 2. The van der Waals surface area contributed by atoms with Crippen LogP contribution in [-0.4, -0.2) is 37.4 Å². The number of amides is 1. The van der Waals surface area contributed by atoms with Crippen LogP contribution in [0.1, 0.15) is 137 Å². The van der Waals surface area contributed by atoms with Gasteiger partial charge in [-0.1, -0.05) is 114 Å². The number of hydrogen-bond acceptors (Lipinski definition) is 5. The van der Waals surface area contributed by atoms with E-state index in [0.29, 0.717) is 17.3 Å². The fourth-order valence-corrected chi connectivity index (χ4v) is 6.38. The SMILES string of the molecule is CCCCCCCCc1ccc(C(=O)Oc2ccnn2C)c(C(=O)N(C(C)C)n2ccnc2-c2ccccc2)c1CCCCCCCC. The van der Waals surface area contributed by atoms with Gasteiger partial charge in [0.25, 0.3) is 5.91 Å². The van der Waals surface area contributed by atoms with Crippen molar-refractivity contribution >= 4 is 11.9 Å². The molecule has 1 amide bonds. The van der Waals surface area contributed by atoms with E-state index in [9.17, 15) is 4.79 Å². The summed E-state index contributed by atoms with van der Waals surface area (Å²) in [6.07, 6.45) is 20.7. The molecule has 48 heavy (non-hydrogen) atoms. The number of ether oxygens (including phenoxy) is 1. The summed E-state index contributed by atoms with van der Waals surface area (Å²) in [5.41, 5.74) is 3.73. The van der Waals surface area contributed by atoms with Gasteiger partial charge in [-0.2, -0.15) is 5.10 Å². The monoisotopic (exact) mass is 653 g/mol. The summed E-state index contributed by atoms with van der Waals surface area (Å²) in [6.45, 7) is 8.45. The molecule has 0 radical (unpaired) electrons. The molecule has 0 aliphatic carbocycles. The summed E-state index contributed by atoms with van der Waals surface area (Å²) in [5.74, 6) is 0.198. The molecule has 4 rings (SSSR count). The van der Waals surface area contributed by atoms with Gasteiger partial charge in [0, 0.05) is 37.1 Å². The second-order valence-corrected chi connectivity index (χ2v) is 13.0. The fraction of sp³-hybridized carbons (Fsp3) is 0.500. The first-order valence-electron chi connectivity index (χ1n) is 18.1. The van der Waals surface area contributed by atoms with Gasteiger partial charge in [-0.05, 0) is 56.7 Å². The average Bonchev–Trinajstić information content (AvgIpc) is 3.73. The van der Waals surface area contributed by atoms with Crippen molar-refractivity contribution in [3.63, 3.8) is 0 Å². The van der Waals surface area contributed by atoms with E-state index in [4.69, 9.17) is 4.74 Å². The number of aromatic nitrogens is 4. The van der Waals surface area contributed by atoms with E-state index in [-0.39, 0.29) is 17.5 Å². The molecular weight excluding hydrogens is 598 g/mol. The number of nitrogens with zero attached hydrogens (tertiary/aromatic N) is 5. The number of unbranched alkanes of at least 4 members (excludes halogenated alkanes) is 10. The lowest BCUT2D eigenvalue weighted by Crippen LogP contribution is -2.46. The summed E-state index contributed by atoms with van der Waals surface area (Å²) in [6, 6.07) is 15.2. The van der Waals surface area contributed by atoms with Gasteiger partial charge in [-0.25, -0.2) is 24.1 Å². The molecule has 0 spiro atoms. The first kappa shape index (κ1) is 36.6. The molecule has 0 aliphatic rings. The molecule has 0 atom stereocenters. The van der Waals surface area contributed by atoms with Crippen molar-refractivity contribution in [3.8, 4) is 17.3 Å². The minimum absolute atomic E-state index is 0.223. The number of esters is 1. The van der Waals surface area contributed by atoms with Crippen molar-refractivity contribution in [1.82, 2.24) is 19.4 Å². The number of carbonyl (C=O) groups is 2. The third-order valence-electron chi connectivity index (χ3n) is 8.98. The third-order valence-corrected chi connectivity index (χ3v) is 8.98. The lowest BCUT2D eigenvalue weighted by molar-refractivity contribution is 0.0713. The molecule has 4 aromatic rings. The van der Waals surface area contributed by atoms with Crippen LogP contribution in [0.2, 0.25) is 0 Å². The molecule has 0 unspecified atom stereocenters. The van der Waals surface area contributed by atoms with Crippen LogP contribution in [0.15, 0.2) is 67.1 Å². The van der Waals surface area contributed by atoms with E-state index in [0.717, 1.165) is 55.2 Å². The maximum atomic E-state index is 15.1. The van der Waals surface area contributed by atoms with Gasteiger partial charge in [-0.15, -0.1) is 0 Å². The summed E-state index contributed by atoms with van der Waals surface area (Å²) >= 11 is 0. The minimum atomic E-state index is -0.560. The van der Waals surface area contributed by atoms with Crippen LogP contribution in [0.5, 0.6) is 5.88 Å². The van der Waals surface area contributed by atoms with Gasteiger partial charge >= 0.3 is 5.97 Å². The van der Waals surface area contributed by atoms with E-state index in [1.165, 1.54) is 56.0 Å². The third kappa shape index (κ3) is 9.68. The molecule has 258 valence electrons. The molecular formula is C40H55N5O3. The molecule has 0 saturated carbocycles. The maximum Gasteiger partial charge on any atom is 0.345 e. The van der Waals surface area contributed by atoms with Gasteiger partial charge in [0.15, 0.2) is 5.82 Å². The number of carbonyl (C=O) groups excluding carboxylic acids is 2. The first-order chi connectivity index (χ1) is 23.4. The van der Waals surface area contributed by atoms with Crippen LogP contribution in [0, 0.1) is 0 Å². The first-order valence-corrected chi connectivity index (χ1v) is 18.1. The van der Waals surface area contributed by atoms with Crippen LogP contribution >= 0.6 is 0 Å².